The second-order valence-electron chi connectivity index (χ2n) is 2.23. The molecule has 0 saturated heterocycles. The van der Waals surface area contributed by atoms with Gasteiger partial charge in [-0.3, -0.25) is 0 Å². The van der Waals surface area contributed by atoms with Crippen molar-refractivity contribution in [2.24, 2.45) is 5.92 Å². The second kappa shape index (κ2) is 1.00. The normalized spacial score (nSPS) is 34.3. The first kappa shape index (κ1) is 3.48. The Morgan fingerprint density at radius 3 is 3.14 bits per heavy atom. The molecule has 0 aromatic heterocycles. The van der Waals surface area contributed by atoms with Gasteiger partial charge in [0.15, 0.2) is 0 Å². The first-order chi connectivity index (χ1) is 3.47. The van der Waals surface area contributed by atoms with Gasteiger partial charge in [-0.05, 0) is 12.8 Å². The highest BCUT2D eigenvalue weighted by Gasteiger charge is 2.22. The fourth-order valence-electron chi connectivity index (χ4n) is 1.10. The van der Waals surface area contributed by atoms with Crippen LogP contribution in [-0.2, 0) is 0 Å². The van der Waals surface area contributed by atoms with Crippen LogP contribution in [0.3, 0.4) is 0 Å². The summed E-state index contributed by atoms with van der Waals surface area (Å²) in [7, 11) is 0. The highest BCUT2D eigenvalue weighted by Crippen LogP contribution is 2.37. The topological polar surface area (TPSA) is 0 Å². The van der Waals surface area contributed by atoms with E-state index in [0.29, 0.717) is 0 Å². The van der Waals surface area contributed by atoms with E-state index in [1.807, 2.05) is 0 Å². The number of rotatable bonds is 0. The number of hydrogen-bond acceptors (Lipinski definition) is 0. The summed E-state index contributed by atoms with van der Waals surface area (Å²) in [5.74, 6) is 0.814. The second-order valence-corrected chi connectivity index (χ2v) is 2.23. The minimum Gasteiger partial charge on any atom is -0.0873 e. The van der Waals surface area contributed by atoms with Gasteiger partial charge < -0.3 is 0 Å². The van der Waals surface area contributed by atoms with Gasteiger partial charge in [0.1, 0.15) is 0 Å². The van der Waals surface area contributed by atoms with Crippen molar-refractivity contribution in [3.8, 4) is 0 Å². The van der Waals surface area contributed by atoms with Gasteiger partial charge in [0.25, 0.3) is 0 Å². The molecule has 2 rings (SSSR count). The van der Waals surface area contributed by atoms with Crippen LogP contribution in [0.1, 0.15) is 12.8 Å². The lowest BCUT2D eigenvalue weighted by Crippen LogP contribution is -1.81. The van der Waals surface area contributed by atoms with Crippen molar-refractivity contribution in [1.29, 1.82) is 0 Å². The number of fused-ring (bicyclic) bond motifs is 1. The summed E-state index contributed by atoms with van der Waals surface area (Å²) in [6.45, 7) is 0. The summed E-state index contributed by atoms with van der Waals surface area (Å²) in [5, 5.41) is 0. The SMILES string of the molecule is C1=CC2C=C2CC1. The molecule has 2 aliphatic carbocycles. The number of hydrogen-bond donors (Lipinski definition) is 0. The maximum absolute atomic E-state index is 2.34. The van der Waals surface area contributed by atoms with Gasteiger partial charge in [-0.1, -0.05) is 23.8 Å². The van der Waals surface area contributed by atoms with Crippen LogP contribution < -0.4 is 0 Å². The third kappa shape index (κ3) is 0.426. The molecule has 36 valence electrons. The maximum atomic E-state index is 2.34. The van der Waals surface area contributed by atoms with E-state index < -0.39 is 0 Å². The van der Waals surface area contributed by atoms with Gasteiger partial charge in [0.2, 0.25) is 0 Å². The predicted molar refractivity (Wildman–Crippen MR) is 29.9 cm³/mol. The molecule has 1 atom stereocenters. The molecular weight excluding hydrogens is 84.1 g/mol. The molecule has 0 spiro atoms. The molecule has 0 aliphatic heterocycles. The van der Waals surface area contributed by atoms with Crippen molar-refractivity contribution in [2.75, 3.05) is 0 Å². The van der Waals surface area contributed by atoms with E-state index in [9.17, 15) is 0 Å². The molecule has 0 amide bonds. The lowest BCUT2D eigenvalue weighted by molar-refractivity contribution is 0.913. The average molecular weight is 92.1 g/mol. The molecule has 2 aliphatic rings. The van der Waals surface area contributed by atoms with Crippen molar-refractivity contribution in [3.63, 3.8) is 0 Å². The van der Waals surface area contributed by atoms with Gasteiger partial charge in [0.05, 0.1) is 0 Å². The molecule has 0 N–H and O–H groups in total. The summed E-state index contributed by atoms with van der Waals surface area (Å²) in [5.41, 5.74) is 1.67. The largest absolute Gasteiger partial charge is 0.0873 e. The Morgan fingerprint density at radius 1 is 1.57 bits per heavy atom. The van der Waals surface area contributed by atoms with Crippen LogP contribution in [-0.4, -0.2) is 0 Å². The Bertz CT molecular complexity index is 140. The van der Waals surface area contributed by atoms with E-state index >= 15 is 0 Å². The Labute approximate surface area is 43.5 Å². The van der Waals surface area contributed by atoms with Crippen molar-refractivity contribution in [1.82, 2.24) is 0 Å². The average Bonchev–Trinajstić information content (AvgIpc) is 2.41. The molecule has 0 bridgehead atoms. The highest BCUT2D eigenvalue weighted by atomic mass is 14.3. The Hall–Kier alpha value is -0.520. The fraction of sp³-hybridized carbons (Fsp3) is 0.429. The van der Waals surface area contributed by atoms with E-state index in [1.165, 1.54) is 12.8 Å². The van der Waals surface area contributed by atoms with Gasteiger partial charge in [0, 0.05) is 5.92 Å². The summed E-state index contributed by atoms with van der Waals surface area (Å²) in [6, 6.07) is 0. The van der Waals surface area contributed by atoms with Gasteiger partial charge in [-0.15, -0.1) is 0 Å². The Balaban J connectivity index is 2.22. The smallest absolute Gasteiger partial charge is 0.0160 e. The molecule has 1 unspecified atom stereocenters. The minimum absolute atomic E-state index is 0.814. The van der Waals surface area contributed by atoms with E-state index in [2.05, 4.69) is 18.2 Å². The summed E-state index contributed by atoms with van der Waals surface area (Å²) in [4.78, 5) is 0. The molecular formula is C7H8. The standard InChI is InChI=1S/C7H8/c1-2-4-7-5-6(7)3-1/h1,3,5-6H,2,4H2. The van der Waals surface area contributed by atoms with Gasteiger partial charge in [-0.25, -0.2) is 0 Å². The zero-order chi connectivity index (χ0) is 4.69. The molecule has 0 heterocycles. The first-order valence-electron chi connectivity index (χ1n) is 2.84. The molecule has 0 nitrogen and oxygen atoms in total. The van der Waals surface area contributed by atoms with Crippen LogP contribution in [0, 0.1) is 5.92 Å². The van der Waals surface area contributed by atoms with E-state index in [0.717, 1.165) is 5.92 Å². The van der Waals surface area contributed by atoms with E-state index in [1.54, 1.807) is 5.57 Å². The van der Waals surface area contributed by atoms with Crippen LogP contribution >= 0.6 is 0 Å². The fourth-order valence-corrected chi connectivity index (χ4v) is 1.10. The molecule has 0 aromatic rings. The lowest BCUT2D eigenvalue weighted by Gasteiger charge is -1.96. The van der Waals surface area contributed by atoms with Crippen molar-refractivity contribution in [3.05, 3.63) is 23.8 Å². The minimum atomic E-state index is 0.814. The first-order valence-corrected chi connectivity index (χ1v) is 2.84. The van der Waals surface area contributed by atoms with Gasteiger partial charge in [-0.2, -0.15) is 0 Å². The Morgan fingerprint density at radius 2 is 2.57 bits per heavy atom. The van der Waals surface area contributed by atoms with Crippen molar-refractivity contribution >= 4 is 0 Å². The highest BCUT2D eigenvalue weighted by molar-refractivity contribution is 5.37. The number of allylic oxidation sites excluding steroid dienone is 4. The molecule has 0 fully saturated rings. The van der Waals surface area contributed by atoms with Crippen molar-refractivity contribution in [2.45, 2.75) is 12.8 Å². The summed E-state index contributed by atoms with van der Waals surface area (Å²) < 4.78 is 0. The maximum Gasteiger partial charge on any atom is 0.0160 e. The molecule has 0 heteroatoms. The van der Waals surface area contributed by atoms with Crippen LogP contribution in [0.5, 0.6) is 0 Å². The zero-order valence-electron chi connectivity index (χ0n) is 4.22. The van der Waals surface area contributed by atoms with Crippen molar-refractivity contribution < 1.29 is 0 Å². The quantitative estimate of drug-likeness (QED) is 0.400. The molecule has 0 radical (unpaired) electrons. The third-order valence-corrected chi connectivity index (χ3v) is 1.66. The Kier molecular flexibility index (Phi) is 0.498. The molecule has 0 saturated carbocycles. The van der Waals surface area contributed by atoms with E-state index in [4.69, 9.17) is 0 Å². The summed E-state index contributed by atoms with van der Waals surface area (Å²) >= 11 is 0. The third-order valence-electron chi connectivity index (χ3n) is 1.66. The lowest BCUT2D eigenvalue weighted by atomic mass is 10.1. The summed E-state index contributed by atoms with van der Waals surface area (Å²) in [6.07, 6.45) is 9.52. The van der Waals surface area contributed by atoms with Crippen LogP contribution in [0.25, 0.3) is 0 Å². The molecule has 0 aromatic carbocycles. The predicted octanol–water partition coefficient (Wildman–Crippen LogP) is 1.89. The van der Waals surface area contributed by atoms with Crippen LogP contribution in [0.2, 0.25) is 0 Å². The van der Waals surface area contributed by atoms with Crippen LogP contribution in [0.4, 0.5) is 0 Å². The monoisotopic (exact) mass is 92.1 g/mol. The van der Waals surface area contributed by atoms with Crippen LogP contribution in [0.15, 0.2) is 23.8 Å². The van der Waals surface area contributed by atoms with Gasteiger partial charge >= 0.3 is 0 Å². The van der Waals surface area contributed by atoms with E-state index in [-0.39, 0.29) is 0 Å². The zero-order valence-corrected chi connectivity index (χ0v) is 4.22. The molecule has 7 heavy (non-hydrogen) atoms.